The van der Waals surface area contributed by atoms with Crippen LogP contribution in [0.5, 0.6) is 0 Å². The van der Waals surface area contributed by atoms with Gasteiger partial charge < -0.3 is 15.2 Å². The number of carbonyl (C=O) groups is 2. The van der Waals surface area contributed by atoms with E-state index in [0.717, 1.165) is 5.57 Å². The lowest BCUT2D eigenvalue weighted by atomic mass is 10.0. The molecule has 0 spiro atoms. The number of alkyl carbamates (subject to hydrolysis) is 1. The second kappa shape index (κ2) is 9.19. The summed E-state index contributed by atoms with van der Waals surface area (Å²) in [5.74, 6) is -1.36. The number of aliphatic carboxylic acids is 1. The van der Waals surface area contributed by atoms with E-state index in [2.05, 4.69) is 5.32 Å². The standard InChI is InChI=1S/C14H23NO4/c1-5-6-7-10(2)9-19-14(18)15-12(4)8-11(3)13(16)17/h5-7,11-12H,8-9H2,1-4H3,(H,15,18)(H,16,17). The summed E-state index contributed by atoms with van der Waals surface area (Å²) in [4.78, 5) is 22.1. The number of nitrogens with one attached hydrogen (secondary N) is 1. The molecule has 0 rings (SSSR count). The molecule has 1 amide bonds. The Hall–Kier alpha value is -1.78. The molecule has 0 aromatic heterocycles. The predicted octanol–water partition coefficient (Wildman–Crippen LogP) is 2.73. The second-order valence-corrected chi connectivity index (χ2v) is 4.64. The first-order valence-corrected chi connectivity index (χ1v) is 6.31. The maximum atomic E-state index is 11.5. The van der Waals surface area contributed by atoms with Crippen molar-refractivity contribution >= 4 is 12.1 Å². The summed E-state index contributed by atoms with van der Waals surface area (Å²) in [6, 6.07) is -0.238. The number of allylic oxidation sites excluding steroid dienone is 3. The summed E-state index contributed by atoms with van der Waals surface area (Å²) in [6.45, 7) is 7.35. The zero-order chi connectivity index (χ0) is 14.8. The van der Waals surface area contributed by atoms with E-state index < -0.39 is 18.0 Å². The smallest absolute Gasteiger partial charge is 0.407 e. The molecule has 0 fully saturated rings. The van der Waals surface area contributed by atoms with Crippen LogP contribution in [-0.4, -0.2) is 29.8 Å². The fourth-order valence-electron chi connectivity index (χ4n) is 1.42. The van der Waals surface area contributed by atoms with E-state index in [4.69, 9.17) is 9.84 Å². The van der Waals surface area contributed by atoms with Gasteiger partial charge in [-0.2, -0.15) is 0 Å². The van der Waals surface area contributed by atoms with E-state index in [1.54, 1.807) is 13.8 Å². The van der Waals surface area contributed by atoms with Crippen molar-refractivity contribution in [1.29, 1.82) is 0 Å². The van der Waals surface area contributed by atoms with Gasteiger partial charge in [0.1, 0.15) is 6.61 Å². The number of carboxylic acid groups (broad SMARTS) is 1. The Morgan fingerprint density at radius 3 is 2.53 bits per heavy atom. The van der Waals surface area contributed by atoms with Gasteiger partial charge in [0.05, 0.1) is 5.92 Å². The molecule has 19 heavy (non-hydrogen) atoms. The molecule has 0 saturated carbocycles. The van der Waals surface area contributed by atoms with Crippen molar-refractivity contribution < 1.29 is 19.4 Å². The van der Waals surface area contributed by atoms with Gasteiger partial charge in [-0.3, -0.25) is 4.79 Å². The van der Waals surface area contributed by atoms with Gasteiger partial charge in [-0.05, 0) is 32.8 Å². The van der Waals surface area contributed by atoms with Crippen LogP contribution in [0, 0.1) is 5.92 Å². The molecule has 2 N–H and O–H groups in total. The highest BCUT2D eigenvalue weighted by molar-refractivity contribution is 5.70. The van der Waals surface area contributed by atoms with Gasteiger partial charge in [-0.25, -0.2) is 4.79 Å². The predicted molar refractivity (Wildman–Crippen MR) is 73.9 cm³/mol. The largest absolute Gasteiger partial charge is 0.481 e. The number of carboxylic acids is 1. The summed E-state index contributed by atoms with van der Waals surface area (Å²) in [6.07, 6.45) is 5.46. The van der Waals surface area contributed by atoms with Crippen molar-refractivity contribution in [2.24, 2.45) is 5.92 Å². The van der Waals surface area contributed by atoms with Gasteiger partial charge in [0, 0.05) is 6.04 Å². The minimum absolute atomic E-state index is 0.220. The van der Waals surface area contributed by atoms with Gasteiger partial charge in [0.25, 0.3) is 0 Å². The Kier molecular flexibility index (Phi) is 8.33. The lowest BCUT2D eigenvalue weighted by molar-refractivity contribution is -0.141. The number of amides is 1. The van der Waals surface area contributed by atoms with Gasteiger partial charge in [0.15, 0.2) is 0 Å². The Bertz CT molecular complexity index is 360. The first-order valence-electron chi connectivity index (χ1n) is 6.31. The molecule has 2 unspecified atom stereocenters. The summed E-state index contributed by atoms with van der Waals surface area (Å²) in [7, 11) is 0. The Morgan fingerprint density at radius 2 is 2.00 bits per heavy atom. The van der Waals surface area contributed by atoms with Crippen LogP contribution in [0.1, 0.15) is 34.1 Å². The molecule has 0 heterocycles. The average molecular weight is 269 g/mol. The lowest BCUT2D eigenvalue weighted by Crippen LogP contribution is -2.35. The molecule has 0 aliphatic heterocycles. The maximum absolute atomic E-state index is 11.5. The number of hydrogen-bond acceptors (Lipinski definition) is 3. The zero-order valence-corrected chi connectivity index (χ0v) is 12.0. The fourth-order valence-corrected chi connectivity index (χ4v) is 1.42. The maximum Gasteiger partial charge on any atom is 0.407 e. The average Bonchev–Trinajstić information content (AvgIpc) is 2.33. The van der Waals surface area contributed by atoms with Crippen molar-refractivity contribution in [2.45, 2.75) is 40.2 Å². The number of carbonyl (C=O) groups excluding carboxylic acids is 1. The van der Waals surface area contributed by atoms with Crippen molar-refractivity contribution in [1.82, 2.24) is 5.32 Å². The highest BCUT2D eigenvalue weighted by Crippen LogP contribution is 2.06. The van der Waals surface area contributed by atoms with Crippen LogP contribution in [-0.2, 0) is 9.53 Å². The molecule has 0 aromatic rings. The first-order chi connectivity index (χ1) is 8.86. The van der Waals surface area contributed by atoms with E-state index in [9.17, 15) is 9.59 Å². The van der Waals surface area contributed by atoms with Crippen LogP contribution in [0.4, 0.5) is 4.79 Å². The lowest BCUT2D eigenvalue weighted by Gasteiger charge is -2.16. The quantitative estimate of drug-likeness (QED) is 0.697. The molecule has 108 valence electrons. The SMILES string of the molecule is CC=CC=C(C)COC(=O)NC(C)CC(C)C(=O)O. The van der Waals surface area contributed by atoms with Crippen molar-refractivity contribution in [3.8, 4) is 0 Å². The molecule has 0 aromatic carbocycles. The van der Waals surface area contributed by atoms with Gasteiger partial charge >= 0.3 is 12.1 Å². The number of ether oxygens (including phenoxy) is 1. The molecule has 0 radical (unpaired) electrons. The van der Waals surface area contributed by atoms with Crippen LogP contribution < -0.4 is 5.32 Å². The fraction of sp³-hybridized carbons (Fsp3) is 0.571. The monoisotopic (exact) mass is 269 g/mol. The summed E-state index contributed by atoms with van der Waals surface area (Å²) >= 11 is 0. The van der Waals surface area contributed by atoms with Crippen LogP contribution >= 0.6 is 0 Å². The third-order valence-electron chi connectivity index (χ3n) is 2.50. The molecular formula is C14H23NO4. The summed E-state index contributed by atoms with van der Waals surface area (Å²) in [5, 5.41) is 11.4. The molecule has 0 aliphatic rings. The molecule has 0 aliphatic carbocycles. The Labute approximate surface area is 114 Å². The van der Waals surface area contributed by atoms with Gasteiger partial charge in [-0.15, -0.1) is 0 Å². The Balaban J connectivity index is 4.01. The third-order valence-corrected chi connectivity index (χ3v) is 2.50. The van der Waals surface area contributed by atoms with E-state index in [1.165, 1.54) is 0 Å². The molecule has 5 heteroatoms. The van der Waals surface area contributed by atoms with Crippen LogP contribution in [0.2, 0.25) is 0 Å². The van der Waals surface area contributed by atoms with E-state index >= 15 is 0 Å². The molecule has 5 nitrogen and oxygen atoms in total. The molecule has 0 bridgehead atoms. The molecular weight excluding hydrogens is 246 g/mol. The highest BCUT2D eigenvalue weighted by atomic mass is 16.5. The minimum Gasteiger partial charge on any atom is -0.481 e. The zero-order valence-electron chi connectivity index (χ0n) is 12.0. The van der Waals surface area contributed by atoms with Gasteiger partial charge in [-0.1, -0.05) is 25.2 Å². The number of rotatable bonds is 7. The molecule has 2 atom stereocenters. The first kappa shape index (κ1) is 17.2. The Morgan fingerprint density at radius 1 is 1.37 bits per heavy atom. The van der Waals surface area contributed by atoms with Crippen molar-refractivity contribution in [3.63, 3.8) is 0 Å². The van der Waals surface area contributed by atoms with Gasteiger partial charge in [0.2, 0.25) is 0 Å². The second-order valence-electron chi connectivity index (χ2n) is 4.64. The summed E-state index contributed by atoms with van der Waals surface area (Å²) < 4.78 is 5.01. The minimum atomic E-state index is -0.868. The van der Waals surface area contributed by atoms with Crippen LogP contribution in [0.15, 0.2) is 23.8 Å². The highest BCUT2D eigenvalue weighted by Gasteiger charge is 2.16. The third kappa shape index (κ3) is 8.88. The van der Waals surface area contributed by atoms with E-state index in [0.29, 0.717) is 6.42 Å². The molecule has 0 saturated heterocycles. The van der Waals surface area contributed by atoms with Crippen LogP contribution in [0.3, 0.4) is 0 Å². The number of hydrogen-bond donors (Lipinski definition) is 2. The van der Waals surface area contributed by atoms with E-state index in [-0.39, 0.29) is 12.6 Å². The normalized spacial score (nSPS) is 15.1. The van der Waals surface area contributed by atoms with Crippen molar-refractivity contribution in [2.75, 3.05) is 6.61 Å². The topological polar surface area (TPSA) is 75.6 Å². The van der Waals surface area contributed by atoms with Crippen molar-refractivity contribution in [3.05, 3.63) is 23.8 Å². The van der Waals surface area contributed by atoms with Crippen LogP contribution in [0.25, 0.3) is 0 Å². The van der Waals surface area contributed by atoms with E-state index in [1.807, 2.05) is 32.1 Å². The summed E-state index contributed by atoms with van der Waals surface area (Å²) in [5.41, 5.74) is 0.930.